The van der Waals surface area contributed by atoms with Gasteiger partial charge in [0, 0.05) is 18.7 Å². The minimum Gasteiger partial charge on any atom is -0.347 e. The van der Waals surface area contributed by atoms with Gasteiger partial charge in [-0.15, -0.1) is 0 Å². The minimum atomic E-state index is 0.0280. The van der Waals surface area contributed by atoms with Crippen molar-refractivity contribution in [3.63, 3.8) is 0 Å². The predicted octanol–water partition coefficient (Wildman–Crippen LogP) is 0.697. The molecule has 0 aliphatic carbocycles. The molecule has 14 heavy (non-hydrogen) atoms. The van der Waals surface area contributed by atoms with Crippen molar-refractivity contribution in [2.75, 3.05) is 13.1 Å². The van der Waals surface area contributed by atoms with Gasteiger partial charge in [-0.1, -0.05) is 17.7 Å². The largest absolute Gasteiger partial charge is 0.347 e. The molecule has 0 unspecified atom stereocenters. The fourth-order valence-electron chi connectivity index (χ4n) is 1.45. The first-order chi connectivity index (χ1) is 6.75. The van der Waals surface area contributed by atoms with E-state index in [4.69, 9.17) is 0 Å². The molecule has 2 N–H and O–H groups in total. The molecular weight excluding hydrogens is 176 g/mol. The summed E-state index contributed by atoms with van der Waals surface area (Å²) in [5.41, 5.74) is 1.86. The molecule has 0 spiro atoms. The molecule has 1 aliphatic rings. The lowest BCUT2D eigenvalue weighted by Crippen LogP contribution is -2.56. The summed E-state index contributed by atoms with van der Waals surface area (Å²) in [4.78, 5) is 11.7. The maximum Gasteiger partial charge on any atom is 0.251 e. The van der Waals surface area contributed by atoms with Gasteiger partial charge in [-0.25, -0.2) is 0 Å². The van der Waals surface area contributed by atoms with E-state index in [1.165, 1.54) is 0 Å². The van der Waals surface area contributed by atoms with Crippen molar-refractivity contribution in [3.05, 3.63) is 35.4 Å². The van der Waals surface area contributed by atoms with Crippen LogP contribution in [0.15, 0.2) is 24.3 Å². The van der Waals surface area contributed by atoms with Crippen molar-refractivity contribution in [2.24, 2.45) is 0 Å². The summed E-state index contributed by atoms with van der Waals surface area (Å²) in [5.74, 6) is 0.0280. The number of aryl methyl sites for hydroxylation is 1. The van der Waals surface area contributed by atoms with Gasteiger partial charge in [-0.3, -0.25) is 4.79 Å². The molecule has 0 aromatic heterocycles. The minimum absolute atomic E-state index is 0.0280. The predicted molar refractivity (Wildman–Crippen MR) is 55.3 cm³/mol. The Labute approximate surface area is 83.5 Å². The van der Waals surface area contributed by atoms with Crippen LogP contribution in [-0.2, 0) is 0 Å². The number of carbonyl (C=O) groups excluding carboxylic acids is 1. The first-order valence-corrected chi connectivity index (χ1v) is 4.84. The van der Waals surface area contributed by atoms with E-state index in [1.807, 2.05) is 31.2 Å². The number of hydrogen-bond donors (Lipinski definition) is 2. The molecule has 0 saturated carbocycles. The number of amides is 1. The molecule has 1 amide bonds. The zero-order valence-corrected chi connectivity index (χ0v) is 8.21. The van der Waals surface area contributed by atoms with Crippen molar-refractivity contribution in [1.82, 2.24) is 10.6 Å². The van der Waals surface area contributed by atoms with Gasteiger partial charge >= 0.3 is 0 Å². The summed E-state index contributed by atoms with van der Waals surface area (Å²) in [6, 6.07) is 7.95. The van der Waals surface area contributed by atoms with E-state index < -0.39 is 0 Å². The lowest BCUT2D eigenvalue weighted by atomic mass is 10.1. The number of rotatable bonds is 2. The van der Waals surface area contributed by atoms with Gasteiger partial charge in [0.05, 0.1) is 6.04 Å². The molecule has 0 radical (unpaired) electrons. The number of carbonyl (C=O) groups is 1. The molecule has 2 rings (SSSR count). The van der Waals surface area contributed by atoms with Crippen LogP contribution in [0.4, 0.5) is 0 Å². The van der Waals surface area contributed by atoms with Crippen LogP contribution in [-0.4, -0.2) is 25.0 Å². The smallest absolute Gasteiger partial charge is 0.251 e. The molecule has 1 aromatic carbocycles. The van der Waals surface area contributed by atoms with E-state index in [-0.39, 0.29) is 5.91 Å². The SMILES string of the molecule is Cc1cccc(C(=O)NC2CNC2)c1. The second-order valence-corrected chi connectivity index (χ2v) is 3.70. The Hall–Kier alpha value is -1.35. The summed E-state index contributed by atoms with van der Waals surface area (Å²) < 4.78 is 0. The lowest BCUT2D eigenvalue weighted by molar-refractivity contribution is 0.0924. The summed E-state index contributed by atoms with van der Waals surface area (Å²) >= 11 is 0. The van der Waals surface area contributed by atoms with E-state index >= 15 is 0 Å². The Kier molecular flexibility index (Phi) is 2.50. The third kappa shape index (κ3) is 1.93. The van der Waals surface area contributed by atoms with E-state index in [9.17, 15) is 4.79 Å². The molecule has 1 fully saturated rings. The van der Waals surface area contributed by atoms with Crippen molar-refractivity contribution >= 4 is 5.91 Å². The highest BCUT2D eigenvalue weighted by molar-refractivity contribution is 5.94. The second kappa shape index (κ2) is 3.80. The summed E-state index contributed by atoms with van der Waals surface area (Å²) in [5, 5.41) is 6.07. The van der Waals surface area contributed by atoms with Gasteiger partial charge in [0.25, 0.3) is 5.91 Å². The molecule has 74 valence electrons. The first-order valence-electron chi connectivity index (χ1n) is 4.84. The molecule has 3 heteroatoms. The molecule has 1 aromatic rings. The van der Waals surface area contributed by atoms with Crippen LogP contribution in [0.1, 0.15) is 15.9 Å². The third-order valence-electron chi connectivity index (χ3n) is 2.40. The first kappa shape index (κ1) is 9.21. The zero-order valence-electron chi connectivity index (χ0n) is 8.21. The quantitative estimate of drug-likeness (QED) is 0.720. The molecular formula is C11H14N2O. The summed E-state index contributed by atoms with van der Waals surface area (Å²) in [6.07, 6.45) is 0. The zero-order chi connectivity index (χ0) is 9.97. The van der Waals surface area contributed by atoms with Crippen LogP contribution in [0.2, 0.25) is 0 Å². The van der Waals surface area contributed by atoms with Gasteiger partial charge in [0.15, 0.2) is 0 Å². The van der Waals surface area contributed by atoms with Crippen molar-refractivity contribution in [2.45, 2.75) is 13.0 Å². The second-order valence-electron chi connectivity index (χ2n) is 3.70. The van der Waals surface area contributed by atoms with Crippen LogP contribution in [0, 0.1) is 6.92 Å². The molecule has 1 aliphatic heterocycles. The standard InChI is InChI=1S/C11H14N2O/c1-8-3-2-4-9(5-8)11(14)13-10-6-12-7-10/h2-5,10,12H,6-7H2,1H3,(H,13,14). The molecule has 1 heterocycles. The van der Waals surface area contributed by atoms with E-state index in [0.29, 0.717) is 6.04 Å². The van der Waals surface area contributed by atoms with Crippen LogP contribution in [0.3, 0.4) is 0 Å². The fourth-order valence-corrected chi connectivity index (χ4v) is 1.45. The topological polar surface area (TPSA) is 41.1 Å². The van der Waals surface area contributed by atoms with E-state index in [2.05, 4.69) is 10.6 Å². The van der Waals surface area contributed by atoms with Gasteiger partial charge in [0.1, 0.15) is 0 Å². The average molecular weight is 190 g/mol. The van der Waals surface area contributed by atoms with Gasteiger partial charge in [-0.05, 0) is 19.1 Å². The number of hydrogen-bond acceptors (Lipinski definition) is 2. The molecule has 3 nitrogen and oxygen atoms in total. The molecule has 0 atom stereocenters. The molecule has 0 bridgehead atoms. The number of benzene rings is 1. The number of nitrogens with one attached hydrogen (secondary N) is 2. The highest BCUT2D eigenvalue weighted by atomic mass is 16.1. The molecule has 1 saturated heterocycles. The van der Waals surface area contributed by atoms with Crippen LogP contribution in [0.25, 0.3) is 0 Å². The van der Waals surface area contributed by atoms with Crippen LogP contribution in [0.5, 0.6) is 0 Å². The van der Waals surface area contributed by atoms with Gasteiger partial charge in [-0.2, -0.15) is 0 Å². The van der Waals surface area contributed by atoms with Gasteiger partial charge < -0.3 is 10.6 Å². The van der Waals surface area contributed by atoms with Crippen molar-refractivity contribution in [1.29, 1.82) is 0 Å². The maximum atomic E-state index is 11.7. The van der Waals surface area contributed by atoms with E-state index in [0.717, 1.165) is 24.2 Å². The summed E-state index contributed by atoms with van der Waals surface area (Å²) in [6.45, 7) is 3.76. The highest BCUT2D eigenvalue weighted by Crippen LogP contribution is 2.04. The van der Waals surface area contributed by atoms with Crippen LogP contribution < -0.4 is 10.6 Å². The van der Waals surface area contributed by atoms with Crippen LogP contribution >= 0.6 is 0 Å². The fraction of sp³-hybridized carbons (Fsp3) is 0.364. The monoisotopic (exact) mass is 190 g/mol. The Morgan fingerprint density at radius 1 is 1.50 bits per heavy atom. The normalized spacial score (nSPS) is 16.1. The highest BCUT2D eigenvalue weighted by Gasteiger charge is 2.19. The maximum absolute atomic E-state index is 11.7. The Morgan fingerprint density at radius 3 is 2.86 bits per heavy atom. The van der Waals surface area contributed by atoms with E-state index in [1.54, 1.807) is 0 Å². The Bertz CT molecular complexity index is 345. The van der Waals surface area contributed by atoms with Gasteiger partial charge in [0.2, 0.25) is 0 Å². The summed E-state index contributed by atoms with van der Waals surface area (Å²) in [7, 11) is 0. The Morgan fingerprint density at radius 2 is 2.29 bits per heavy atom. The third-order valence-corrected chi connectivity index (χ3v) is 2.40. The Balaban J connectivity index is 2.02. The lowest BCUT2D eigenvalue weighted by Gasteiger charge is -2.27. The van der Waals surface area contributed by atoms with Crippen molar-refractivity contribution < 1.29 is 4.79 Å². The average Bonchev–Trinajstić information content (AvgIpc) is 2.11. The van der Waals surface area contributed by atoms with Crippen molar-refractivity contribution in [3.8, 4) is 0 Å².